The third-order valence-electron chi connectivity index (χ3n) is 5.21. The first-order valence-electron chi connectivity index (χ1n) is 9.35. The Morgan fingerprint density at radius 1 is 1.37 bits per heavy atom. The highest BCUT2D eigenvalue weighted by molar-refractivity contribution is 6.30. The lowest BCUT2D eigenvalue weighted by molar-refractivity contribution is -0.146. The zero-order chi connectivity index (χ0) is 20.2. The Balaban J connectivity index is 2.07. The normalized spacial score (nSPS) is 18.4. The summed E-state index contributed by atoms with van der Waals surface area (Å²) in [4.78, 5) is 27.3. The van der Waals surface area contributed by atoms with E-state index in [-0.39, 0.29) is 23.8 Å². The largest absolute Gasteiger partial charge is 0.396 e. The van der Waals surface area contributed by atoms with Crippen molar-refractivity contribution < 1.29 is 14.7 Å². The van der Waals surface area contributed by atoms with E-state index < -0.39 is 12.0 Å². The molecule has 1 fully saturated rings. The van der Waals surface area contributed by atoms with Gasteiger partial charge in [0.25, 0.3) is 0 Å². The van der Waals surface area contributed by atoms with E-state index in [4.69, 9.17) is 17.3 Å². The molecule has 27 heavy (non-hydrogen) atoms. The number of rotatable bonds is 6. The molecule has 1 aromatic carbocycles. The molecule has 6 nitrogen and oxygen atoms in total. The molecule has 1 aliphatic heterocycles. The zero-order valence-electron chi connectivity index (χ0n) is 16.3. The number of aliphatic hydroxyl groups excluding tert-OH is 1. The summed E-state index contributed by atoms with van der Waals surface area (Å²) in [5.41, 5.74) is 7.17. The van der Waals surface area contributed by atoms with Crippen LogP contribution in [0.4, 0.5) is 0 Å². The van der Waals surface area contributed by atoms with Crippen LogP contribution in [-0.4, -0.2) is 41.0 Å². The highest BCUT2D eigenvalue weighted by Crippen LogP contribution is 2.30. The van der Waals surface area contributed by atoms with Crippen LogP contribution in [0.5, 0.6) is 0 Å². The number of carbonyl (C=O) groups is 2. The number of nitrogens with one attached hydrogen (secondary N) is 1. The first-order valence-corrected chi connectivity index (χ1v) is 9.73. The number of amides is 2. The molecule has 2 atom stereocenters. The Morgan fingerprint density at radius 2 is 2.07 bits per heavy atom. The molecular weight excluding hydrogens is 366 g/mol. The molecule has 4 N–H and O–H groups in total. The van der Waals surface area contributed by atoms with Crippen molar-refractivity contribution in [1.29, 1.82) is 0 Å². The van der Waals surface area contributed by atoms with Crippen molar-refractivity contribution in [3.63, 3.8) is 0 Å². The molecular formula is C20H30ClN3O3. The van der Waals surface area contributed by atoms with Crippen LogP contribution in [0.15, 0.2) is 18.2 Å². The third kappa shape index (κ3) is 5.21. The van der Waals surface area contributed by atoms with Crippen molar-refractivity contribution in [3.8, 4) is 0 Å². The van der Waals surface area contributed by atoms with Crippen LogP contribution in [0.25, 0.3) is 0 Å². The second-order valence-electron chi connectivity index (χ2n) is 8.13. The van der Waals surface area contributed by atoms with Gasteiger partial charge in [-0.05, 0) is 41.5 Å². The Labute approximate surface area is 166 Å². The number of likely N-dealkylation sites (tertiary alicyclic amines) is 1. The minimum atomic E-state index is -0.525. The summed E-state index contributed by atoms with van der Waals surface area (Å²) in [7, 11) is 0. The second kappa shape index (κ2) is 9.04. The van der Waals surface area contributed by atoms with Gasteiger partial charge in [-0.15, -0.1) is 0 Å². The van der Waals surface area contributed by atoms with Gasteiger partial charge in [0.05, 0.1) is 12.5 Å². The number of nitrogens with zero attached hydrogens (tertiary/aromatic N) is 1. The Kier molecular flexibility index (Phi) is 7.25. The van der Waals surface area contributed by atoms with Crippen LogP contribution in [0.2, 0.25) is 5.02 Å². The van der Waals surface area contributed by atoms with Gasteiger partial charge in [0.2, 0.25) is 11.8 Å². The van der Waals surface area contributed by atoms with E-state index >= 15 is 0 Å². The molecule has 150 valence electrons. The molecule has 2 amide bonds. The number of aliphatic hydroxyl groups is 1. The van der Waals surface area contributed by atoms with Crippen molar-refractivity contribution in [1.82, 2.24) is 10.2 Å². The van der Waals surface area contributed by atoms with E-state index in [1.165, 1.54) is 0 Å². The fourth-order valence-electron chi connectivity index (χ4n) is 3.48. The van der Waals surface area contributed by atoms with Crippen LogP contribution in [0.3, 0.4) is 0 Å². The van der Waals surface area contributed by atoms with Gasteiger partial charge in [0.1, 0.15) is 6.04 Å². The molecule has 2 rings (SSSR count). The zero-order valence-corrected chi connectivity index (χ0v) is 17.1. The van der Waals surface area contributed by atoms with Crippen molar-refractivity contribution >= 4 is 23.4 Å². The van der Waals surface area contributed by atoms with Crippen LogP contribution >= 0.6 is 11.6 Å². The molecule has 1 aromatic rings. The summed E-state index contributed by atoms with van der Waals surface area (Å²) in [5, 5.41) is 13.2. The van der Waals surface area contributed by atoms with Crippen LogP contribution in [0.1, 0.15) is 44.7 Å². The number of hydrogen-bond donors (Lipinski definition) is 3. The topological polar surface area (TPSA) is 95.7 Å². The van der Waals surface area contributed by atoms with Crippen LogP contribution < -0.4 is 11.1 Å². The van der Waals surface area contributed by atoms with Crippen molar-refractivity contribution in [2.45, 2.75) is 52.7 Å². The highest BCUT2D eigenvalue weighted by Gasteiger charge is 2.40. The van der Waals surface area contributed by atoms with Gasteiger partial charge in [0.15, 0.2) is 0 Å². The molecule has 1 heterocycles. The lowest BCUT2D eigenvalue weighted by Crippen LogP contribution is -2.50. The Hall–Kier alpha value is -1.63. The summed E-state index contributed by atoms with van der Waals surface area (Å²) in [6.45, 7) is 6.75. The Bertz CT molecular complexity index is 688. The summed E-state index contributed by atoms with van der Waals surface area (Å²) in [5.74, 6) is -0.870. The smallest absolute Gasteiger partial charge is 0.243 e. The minimum Gasteiger partial charge on any atom is -0.396 e. The predicted octanol–water partition coefficient (Wildman–Crippen LogP) is 2.06. The molecule has 1 aliphatic rings. The minimum absolute atomic E-state index is 0.159. The number of nitrogens with two attached hydrogens (primary N) is 1. The van der Waals surface area contributed by atoms with E-state index in [2.05, 4.69) is 5.32 Å². The maximum absolute atomic E-state index is 12.9. The summed E-state index contributed by atoms with van der Waals surface area (Å²) >= 11 is 6.04. The number of hydrogen-bond acceptors (Lipinski definition) is 4. The molecule has 0 spiro atoms. The number of carbonyl (C=O) groups excluding carboxylic acids is 2. The van der Waals surface area contributed by atoms with Crippen LogP contribution in [-0.2, 0) is 22.7 Å². The number of benzene rings is 1. The van der Waals surface area contributed by atoms with Gasteiger partial charge in [-0.1, -0.05) is 38.4 Å². The molecule has 0 bridgehead atoms. The molecule has 2 unspecified atom stereocenters. The second-order valence-corrected chi connectivity index (χ2v) is 8.56. The molecule has 0 aliphatic carbocycles. The van der Waals surface area contributed by atoms with Crippen LogP contribution in [0, 0.1) is 11.3 Å². The highest BCUT2D eigenvalue weighted by atomic mass is 35.5. The quantitative estimate of drug-likeness (QED) is 0.687. The van der Waals surface area contributed by atoms with E-state index in [1.807, 2.05) is 26.8 Å². The van der Waals surface area contributed by atoms with Gasteiger partial charge in [-0.3, -0.25) is 9.59 Å². The molecule has 0 saturated carbocycles. The lowest BCUT2D eigenvalue weighted by Gasteiger charge is -2.34. The lowest BCUT2D eigenvalue weighted by atomic mass is 9.80. The van der Waals surface area contributed by atoms with Gasteiger partial charge in [0, 0.05) is 24.7 Å². The SMILES string of the molecule is CC(C)(C)C(CO)C(=O)N1CCCC1C(=O)NCc1cc(Cl)ccc1CN. The fourth-order valence-corrected chi connectivity index (χ4v) is 3.68. The standard InChI is InChI=1S/C20H30ClN3O3/c1-20(2,3)16(12-25)19(27)24-8-4-5-17(24)18(26)23-11-14-9-15(21)7-6-13(14)10-22/h6-7,9,16-17,25H,4-5,8,10-12,22H2,1-3H3,(H,23,26). The number of halogens is 1. The third-order valence-corrected chi connectivity index (χ3v) is 5.44. The van der Waals surface area contributed by atoms with E-state index in [1.54, 1.807) is 17.0 Å². The van der Waals surface area contributed by atoms with Crippen molar-refractivity contribution in [2.24, 2.45) is 17.1 Å². The maximum Gasteiger partial charge on any atom is 0.243 e. The van der Waals surface area contributed by atoms with Gasteiger partial charge in [-0.2, -0.15) is 0 Å². The van der Waals surface area contributed by atoms with Gasteiger partial charge in [-0.25, -0.2) is 0 Å². The predicted molar refractivity (Wildman–Crippen MR) is 106 cm³/mol. The summed E-state index contributed by atoms with van der Waals surface area (Å²) < 4.78 is 0. The van der Waals surface area contributed by atoms with Crippen molar-refractivity contribution in [2.75, 3.05) is 13.2 Å². The average molecular weight is 396 g/mol. The van der Waals surface area contributed by atoms with E-state index in [0.717, 1.165) is 17.5 Å². The average Bonchev–Trinajstić information content (AvgIpc) is 3.09. The van der Waals surface area contributed by atoms with E-state index in [0.29, 0.717) is 31.1 Å². The molecule has 0 aromatic heterocycles. The Morgan fingerprint density at radius 3 is 2.67 bits per heavy atom. The van der Waals surface area contributed by atoms with Gasteiger partial charge < -0.3 is 21.1 Å². The maximum atomic E-state index is 12.9. The fraction of sp³-hybridized carbons (Fsp3) is 0.600. The first kappa shape index (κ1) is 21.7. The molecule has 0 radical (unpaired) electrons. The summed E-state index contributed by atoms with van der Waals surface area (Å²) in [6, 6.07) is 4.91. The van der Waals surface area contributed by atoms with Gasteiger partial charge >= 0.3 is 0 Å². The first-order chi connectivity index (χ1) is 12.7. The monoisotopic (exact) mass is 395 g/mol. The summed E-state index contributed by atoms with van der Waals surface area (Å²) in [6.07, 6.45) is 1.40. The molecule has 1 saturated heterocycles. The molecule has 7 heteroatoms. The van der Waals surface area contributed by atoms with E-state index in [9.17, 15) is 14.7 Å². The van der Waals surface area contributed by atoms with Crippen molar-refractivity contribution in [3.05, 3.63) is 34.3 Å².